The summed E-state index contributed by atoms with van der Waals surface area (Å²) in [5.74, 6) is 3.90. The monoisotopic (exact) mass is 145 g/mol. The van der Waals surface area contributed by atoms with Crippen LogP contribution in [0.4, 0.5) is 0 Å². The van der Waals surface area contributed by atoms with Gasteiger partial charge >= 0.3 is 0 Å². The number of hydrogen-bond acceptors (Lipinski definition) is 2. The van der Waals surface area contributed by atoms with Gasteiger partial charge in [0.1, 0.15) is 0 Å². The normalized spacial score (nSPS) is 19.7. The Hall–Kier alpha value is 0.310. The van der Waals surface area contributed by atoms with Gasteiger partial charge in [-0.2, -0.15) is 11.8 Å². The average Bonchev–Trinajstić information content (AvgIpc) is 1.76. The van der Waals surface area contributed by atoms with E-state index in [1.54, 1.807) is 0 Å². The summed E-state index contributed by atoms with van der Waals surface area (Å²) < 4.78 is 0. The van der Waals surface area contributed by atoms with E-state index in [2.05, 4.69) is 17.1 Å². The molecule has 0 radical (unpaired) electrons. The van der Waals surface area contributed by atoms with Crippen LogP contribution in [0.3, 0.4) is 0 Å². The number of rotatable bonds is 4. The summed E-state index contributed by atoms with van der Waals surface area (Å²) >= 11 is 2.08. The first-order valence-corrected chi connectivity index (χ1v) is 4.81. The van der Waals surface area contributed by atoms with Crippen molar-refractivity contribution in [1.82, 2.24) is 5.32 Å². The van der Waals surface area contributed by atoms with E-state index in [0.717, 1.165) is 5.92 Å². The van der Waals surface area contributed by atoms with Crippen molar-refractivity contribution in [3.05, 3.63) is 0 Å². The molecule has 54 valence electrons. The van der Waals surface area contributed by atoms with Crippen LogP contribution >= 0.6 is 11.8 Å². The highest BCUT2D eigenvalue weighted by Crippen LogP contribution is 2.27. The summed E-state index contributed by atoms with van der Waals surface area (Å²) in [5, 5.41) is 3.16. The van der Waals surface area contributed by atoms with Crippen LogP contribution in [0, 0.1) is 5.92 Å². The van der Waals surface area contributed by atoms with Crippen LogP contribution in [0.25, 0.3) is 0 Å². The first-order chi connectivity index (χ1) is 4.43. The molecule has 0 atom stereocenters. The molecule has 1 heterocycles. The average molecular weight is 145 g/mol. The molecule has 9 heavy (non-hydrogen) atoms. The number of thioether (sulfide) groups is 1. The maximum atomic E-state index is 3.16. The molecule has 0 saturated carbocycles. The van der Waals surface area contributed by atoms with E-state index >= 15 is 0 Å². The Kier molecular flexibility index (Phi) is 3.44. The Balaban J connectivity index is 1.80. The fourth-order valence-electron chi connectivity index (χ4n) is 1.02. The molecule has 0 aliphatic carbocycles. The van der Waals surface area contributed by atoms with Crippen molar-refractivity contribution in [2.24, 2.45) is 5.92 Å². The summed E-state index contributed by atoms with van der Waals surface area (Å²) in [4.78, 5) is 0. The highest BCUT2D eigenvalue weighted by atomic mass is 32.2. The van der Waals surface area contributed by atoms with Crippen molar-refractivity contribution in [3.8, 4) is 0 Å². The summed E-state index contributed by atoms with van der Waals surface area (Å²) in [7, 11) is 2.02. The zero-order valence-electron chi connectivity index (χ0n) is 6.02. The smallest absolute Gasteiger partial charge is 0.00311 e. The Morgan fingerprint density at radius 3 is 2.78 bits per heavy atom. The molecule has 0 bridgehead atoms. The molecule has 0 aromatic rings. The summed E-state index contributed by atoms with van der Waals surface area (Å²) in [5.41, 5.74) is 0. The molecule has 0 spiro atoms. The lowest BCUT2D eigenvalue weighted by molar-refractivity contribution is 0.537. The van der Waals surface area contributed by atoms with Crippen molar-refractivity contribution in [2.45, 2.75) is 12.8 Å². The van der Waals surface area contributed by atoms with Crippen LogP contribution < -0.4 is 5.32 Å². The first-order valence-electron chi connectivity index (χ1n) is 3.66. The molecular formula is C7H15NS. The Morgan fingerprint density at radius 1 is 1.56 bits per heavy atom. The SMILES string of the molecule is CNCCCC1CSC1. The quantitative estimate of drug-likeness (QED) is 0.599. The van der Waals surface area contributed by atoms with Gasteiger partial charge in [-0.1, -0.05) is 0 Å². The van der Waals surface area contributed by atoms with E-state index in [9.17, 15) is 0 Å². The fraction of sp³-hybridized carbons (Fsp3) is 1.00. The zero-order valence-corrected chi connectivity index (χ0v) is 6.84. The molecule has 1 aliphatic rings. The van der Waals surface area contributed by atoms with Gasteiger partial charge < -0.3 is 5.32 Å². The van der Waals surface area contributed by atoms with Gasteiger partial charge in [-0.15, -0.1) is 0 Å². The van der Waals surface area contributed by atoms with E-state index in [1.807, 2.05) is 7.05 Å². The van der Waals surface area contributed by atoms with E-state index in [1.165, 1.54) is 30.9 Å². The lowest BCUT2D eigenvalue weighted by atomic mass is 10.1. The zero-order chi connectivity index (χ0) is 6.53. The summed E-state index contributed by atoms with van der Waals surface area (Å²) in [6, 6.07) is 0. The van der Waals surface area contributed by atoms with Gasteiger partial charge in [0.05, 0.1) is 0 Å². The molecule has 1 nitrogen and oxygen atoms in total. The second-order valence-corrected chi connectivity index (χ2v) is 3.72. The minimum absolute atomic E-state index is 1.06. The molecule has 0 unspecified atom stereocenters. The van der Waals surface area contributed by atoms with Gasteiger partial charge in [0.25, 0.3) is 0 Å². The largest absolute Gasteiger partial charge is 0.320 e. The molecular weight excluding hydrogens is 130 g/mol. The van der Waals surface area contributed by atoms with Crippen molar-refractivity contribution in [3.63, 3.8) is 0 Å². The molecule has 0 aromatic carbocycles. The maximum absolute atomic E-state index is 3.16. The Labute approximate surface area is 61.6 Å². The van der Waals surface area contributed by atoms with Crippen LogP contribution in [-0.4, -0.2) is 25.1 Å². The molecule has 1 fully saturated rings. The molecule has 1 saturated heterocycles. The maximum Gasteiger partial charge on any atom is -0.00311 e. The second kappa shape index (κ2) is 4.18. The minimum Gasteiger partial charge on any atom is -0.320 e. The molecule has 0 amide bonds. The third-order valence-corrected chi connectivity index (χ3v) is 3.16. The van der Waals surface area contributed by atoms with Crippen LogP contribution in [0.5, 0.6) is 0 Å². The fourth-order valence-corrected chi connectivity index (χ4v) is 1.92. The Morgan fingerprint density at radius 2 is 2.33 bits per heavy atom. The Bertz CT molecular complexity index is 71.3. The van der Waals surface area contributed by atoms with Crippen molar-refractivity contribution in [1.29, 1.82) is 0 Å². The van der Waals surface area contributed by atoms with Crippen LogP contribution in [0.15, 0.2) is 0 Å². The van der Waals surface area contributed by atoms with Crippen LogP contribution in [0.1, 0.15) is 12.8 Å². The standard InChI is InChI=1S/C7H15NS/c1-8-4-2-3-7-5-9-6-7/h7-8H,2-6H2,1H3. The molecule has 2 heteroatoms. The molecule has 0 aromatic heterocycles. The van der Waals surface area contributed by atoms with Gasteiger partial charge in [-0.3, -0.25) is 0 Å². The number of nitrogens with one attached hydrogen (secondary N) is 1. The summed E-state index contributed by atoms with van der Waals surface area (Å²) in [6.45, 7) is 1.20. The second-order valence-electron chi connectivity index (χ2n) is 2.65. The van der Waals surface area contributed by atoms with Gasteiger partial charge in [-0.05, 0) is 43.9 Å². The highest BCUT2D eigenvalue weighted by molar-refractivity contribution is 8.00. The van der Waals surface area contributed by atoms with E-state index < -0.39 is 0 Å². The van der Waals surface area contributed by atoms with E-state index in [0.29, 0.717) is 0 Å². The third-order valence-electron chi connectivity index (χ3n) is 1.75. The molecule has 1 rings (SSSR count). The van der Waals surface area contributed by atoms with Gasteiger partial charge in [0, 0.05) is 0 Å². The van der Waals surface area contributed by atoms with Gasteiger partial charge in [0.15, 0.2) is 0 Å². The molecule has 1 aliphatic heterocycles. The van der Waals surface area contributed by atoms with Crippen LogP contribution in [-0.2, 0) is 0 Å². The predicted octanol–water partition coefficient (Wildman–Crippen LogP) is 1.35. The van der Waals surface area contributed by atoms with E-state index in [4.69, 9.17) is 0 Å². The first kappa shape index (κ1) is 7.42. The molecule has 1 N–H and O–H groups in total. The van der Waals surface area contributed by atoms with Crippen molar-refractivity contribution >= 4 is 11.8 Å². The predicted molar refractivity (Wildman–Crippen MR) is 44.0 cm³/mol. The van der Waals surface area contributed by atoms with Gasteiger partial charge in [0.2, 0.25) is 0 Å². The summed E-state index contributed by atoms with van der Waals surface area (Å²) in [6.07, 6.45) is 2.80. The number of hydrogen-bond donors (Lipinski definition) is 1. The minimum atomic E-state index is 1.06. The lowest BCUT2D eigenvalue weighted by Gasteiger charge is -2.24. The highest BCUT2D eigenvalue weighted by Gasteiger charge is 2.16. The topological polar surface area (TPSA) is 12.0 Å². The van der Waals surface area contributed by atoms with Crippen LogP contribution in [0.2, 0.25) is 0 Å². The lowest BCUT2D eigenvalue weighted by Crippen LogP contribution is -2.19. The third kappa shape index (κ3) is 2.59. The van der Waals surface area contributed by atoms with E-state index in [-0.39, 0.29) is 0 Å². The van der Waals surface area contributed by atoms with Crippen molar-refractivity contribution in [2.75, 3.05) is 25.1 Å². The van der Waals surface area contributed by atoms with Crippen molar-refractivity contribution < 1.29 is 0 Å². The van der Waals surface area contributed by atoms with Gasteiger partial charge in [-0.25, -0.2) is 0 Å².